The predicted molar refractivity (Wildman–Crippen MR) is 80.2 cm³/mol. The topological polar surface area (TPSA) is 110 Å². The maximum atomic E-state index is 11.8. The van der Waals surface area contributed by atoms with Gasteiger partial charge in [-0.25, -0.2) is 8.42 Å². The Morgan fingerprint density at radius 3 is 2.65 bits per heavy atom. The number of hydrogen-bond acceptors (Lipinski definition) is 6. The van der Waals surface area contributed by atoms with E-state index in [4.69, 9.17) is 10.00 Å². The Kier molecular flexibility index (Phi) is 3.30. The summed E-state index contributed by atoms with van der Waals surface area (Å²) in [6, 6.07) is 9.37. The Hall–Kier alpha value is -2.92. The third kappa shape index (κ3) is 2.51. The molecule has 0 N–H and O–H groups in total. The summed E-state index contributed by atoms with van der Waals surface area (Å²) in [4.78, 5) is 10.0. The van der Waals surface area contributed by atoms with Crippen molar-refractivity contribution in [2.75, 3.05) is 6.26 Å². The molecular formula is C15H10N2O5S. The van der Waals surface area contributed by atoms with E-state index in [1.54, 1.807) is 18.2 Å². The lowest BCUT2D eigenvalue weighted by molar-refractivity contribution is -0.387. The van der Waals surface area contributed by atoms with Crippen LogP contribution in [0.2, 0.25) is 0 Å². The molecule has 0 spiro atoms. The largest absolute Gasteiger partial charge is 0.457 e. The van der Waals surface area contributed by atoms with Crippen LogP contribution in [-0.2, 0) is 16.3 Å². The molecule has 2 aromatic carbocycles. The molecule has 23 heavy (non-hydrogen) atoms. The molecule has 8 heteroatoms. The highest BCUT2D eigenvalue weighted by Gasteiger charge is 2.29. The predicted octanol–water partition coefficient (Wildman–Crippen LogP) is 2.57. The van der Waals surface area contributed by atoms with Gasteiger partial charge >= 0.3 is 0 Å². The minimum atomic E-state index is -3.78. The van der Waals surface area contributed by atoms with Crippen molar-refractivity contribution in [2.45, 2.75) is 11.3 Å². The van der Waals surface area contributed by atoms with Gasteiger partial charge in [-0.3, -0.25) is 10.1 Å². The zero-order valence-corrected chi connectivity index (χ0v) is 12.8. The van der Waals surface area contributed by atoms with Crippen molar-refractivity contribution in [2.24, 2.45) is 0 Å². The lowest BCUT2D eigenvalue weighted by atomic mass is 9.96. The lowest BCUT2D eigenvalue weighted by Gasteiger charge is -2.21. The van der Waals surface area contributed by atoms with Gasteiger partial charge in [0, 0.05) is 35.9 Å². The molecule has 0 saturated carbocycles. The Bertz CT molecular complexity index is 990. The van der Waals surface area contributed by atoms with Gasteiger partial charge in [-0.1, -0.05) is 6.07 Å². The van der Waals surface area contributed by atoms with Crippen LogP contribution in [-0.4, -0.2) is 19.6 Å². The minimum Gasteiger partial charge on any atom is -0.457 e. The molecule has 0 aliphatic carbocycles. The second-order valence-corrected chi connectivity index (χ2v) is 7.11. The van der Waals surface area contributed by atoms with Crippen molar-refractivity contribution in [1.29, 1.82) is 5.26 Å². The van der Waals surface area contributed by atoms with Crippen molar-refractivity contribution in [3.63, 3.8) is 0 Å². The molecule has 0 bridgehead atoms. The first kappa shape index (κ1) is 15.0. The van der Waals surface area contributed by atoms with E-state index < -0.39 is 20.4 Å². The van der Waals surface area contributed by atoms with E-state index in [1.165, 1.54) is 12.1 Å². The SMILES string of the molecule is CS(=O)(=O)c1cc2c(cc1[N+](=O)[O-])Cc1c(C#N)cccc1O2. The summed E-state index contributed by atoms with van der Waals surface area (Å²) in [5, 5.41) is 20.3. The number of hydrogen-bond donors (Lipinski definition) is 0. The van der Waals surface area contributed by atoms with E-state index >= 15 is 0 Å². The third-order valence-corrected chi connectivity index (χ3v) is 4.70. The van der Waals surface area contributed by atoms with Crippen LogP contribution in [0.25, 0.3) is 0 Å². The first-order valence-corrected chi connectivity index (χ1v) is 8.41. The Balaban J connectivity index is 2.22. The molecule has 0 radical (unpaired) electrons. The van der Waals surface area contributed by atoms with Crippen molar-refractivity contribution in [3.8, 4) is 17.6 Å². The fraction of sp³-hybridized carbons (Fsp3) is 0.133. The molecule has 1 aliphatic heterocycles. The van der Waals surface area contributed by atoms with Crippen LogP contribution in [0.5, 0.6) is 11.5 Å². The zero-order chi connectivity index (χ0) is 16.8. The summed E-state index contributed by atoms with van der Waals surface area (Å²) in [6.07, 6.45) is 1.17. The molecular weight excluding hydrogens is 320 g/mol. The number of sulfone groups is 1. The molecule has 2 aromatic rings. The van der Waals surface area contributed by atoms with Gasteiger partial charge in [0.15, 0.2) is 9.84 Å². The molecule has 7 nitrogen and oxygen atoms in total. The van der Waals surface area contributed by atoms with Gasteiger partial charge in [0.1, 0.15) is 16.4 Å². The van der Waals surface area contributed by atoms with Crippen LogP contribution in [0.1, 0.15) is 16.7 Å². The van der Waals surface area contributed by atoms with Crippen LogP contribution in [0.3, 0.4) is 0 Å². The maximum absolute atomic E-state index is 11.8. The van der Waals surface area contributed by atoms with Gasteiger partial charge in [0.2, 0.25) is 0 Å². The fourth-order valence-electron chi connectivity index (χ4n) is 2.52. The second-order valence-electron chi connectivity index (χ2n) is 5.13. The standard InChI is InChI=1S/C15H10N2O5S/c1-23(20,21)15-7-14-10(6-12(15)17(18)19)5-11-9(8-16)3-2-4-13(11)22-14/h2-4,6-7H,5H2,1H3. The summed E-state index contributed by atoms with van der Waals surface area (Å²) in [5.74, 6) is 0.698. The lowest BCUT2D eigenvalue weighted by Crippen LogP contribution is -2.09. The van der Waals surface area contributed by atoms with Crippen LogP contribution in [0, 0.1) is 21.4 Å². The molecule has 0 saturated heterocycles. The second kappa shape index (κ2) is 5.07. The van der Waals surface area contributed by atoms with Crippen LogP contribution >= 0.6 is 0 Å². The third-order valence-electron chi connectivity index (χ3n) is 3.58. The molecule has 0 atom stereocenters. The highest BCUT2D eigenvalue weighted by atomic mass is 32.2. The van der Waals surface area contributed by atoms with Gasteiger partial charge in [-0.2, -0.15) is 5.26 Å². The van der Waals surface area contributed by atoms with Crippen LogP contribution in [0.15, 0.2) is 35.2 Å². The van der Waals surface area contributed by atoms with E-state index in [-0.39, 0.29) is 17.1 Å². The first-order chi connectivity index (χ1) is 10.8. The van der Waals surface area contributed by atoms with E-state index in [2.05, 4.69) is 0 Å². The summed E-state index contributed by atoms with van der Waals surface area (Å²) >= 11 is 0. The van der Waals surface area contributed by atoms with Crippen molar-refractivity contribution in [3.05, 3.63) is 57.1 Å². The van der Waals surface area contributed by atoms with Gasteiger partial charge in [-0.05, 0) is 12.1 Å². The molecule has 0 aromatic heterocycles. The van der Waals surface area contributed by atoms with E-state index in [0.717, 1.165) is 6.26 Å². The van der Waals surface area contributed by atoms with Gasteiger partial charge in [-0.15, -0.1) is 0 Å². The molecule has 1 aliphatic rings. The monoisotopic (exact) mass is 330 g/mol. The highest BCUT2D eigenvalue weighted by molar-refractivity contribution is 7.90. The maximum Gasteiger partial charge on any atom is 0.288 e. The summed E-state index contributed by atoms with van der Waals surface area (Å²) in [6.45, 7) is 0. The molecule has 3 rings (SSSR count). The van der Waals surface area contributed by atoms with Crippen molar-refractivity contribution < 1.29 is 18.1 Å². The number of nitro groups is 1. The number of fused-ring (bicyclic) bond motifs is 2. The molecule has 0 unspecified atom stereocenters. The normalized spacial score (nSPS) is 12.5. The number of rotatable bonds is 2. The Labute approximate surface area is 131 Å². The fourth-order valence-corrected chi connectivity index (χ4v) is 3.36. The summed E-state index contributed by atoms with van der Waals surface area (Å²) in [7, 11) is -3.78. The number of nitro benzene ring substituents is 1. The highest BCUT2D eigenvalue weighted by Crippen LogP contribution is 2.41. The molecule has 1 heterocycles. The quantitative estimate of drug-likeness (QED) is 0.527. The van der Waals surface area contributed by atoms with Crippen molar-refractivity contribution >= 4 is 15.5 Å². The average Bonchev–Trinajstić information content (AvgIpc) is 2.50. The van der Waals surface area contributed by atoms with E-state index in [9.17, 15) is 18.5 Å². The minimum absolute atomic E-state index is 0.249. The molecule has 0 amide bonds. The summed E-state index contributed by atoms with van der Waals surface area (Å²) < 4.78 is 29.2. The van der Waals surface area contributed by atoms with Gasteiger partial charge in [0.25, 0.3) is 5.69 Å². The number of nitrogens with zero attached hydrogens (tertiary/aromatic N) is 2. The molecule has 116 valence electrons. The Morgan fingerprint density at radius 2 is 2.04 bits per heavy atom. The number of benzene rings is 2. The van der Waals surface area contributed by atoms with Crippen LogP contribution in [0.4, 0.5) is 5.69 Å². The van der Waals surface area contributed by atoms with Crippen molar-refractivity contribution in [1.82, 2.24) is 0 Å². The smallest absolute Gasteiger partial charge is 0.288 e. The van der Waals surface area contributed by atoms with Crippen LogP contribution < -0.4 is 4.74 Å². The van der Waals surface area contributed by atoms with Gasteiger partial charge < -0.3 is 4.74 Å². The Morgan fingerprint density at radius 1 is 1.30 bits per heavy atom. The van der Waals surface area contributed by atoms with Gasteiger partial charge in [0.05, 0.1) is 16.6 Å². The first-order valence-electron chi connectivity index (χ1n) is 6.52. The number of nitriles is 1. The zero-order valence-electron chi connectivity index (χ0n) is 11.9. The number of ether oxygens (including phenoxy) is 1. The molecule has 0 fully saturated rings. The van der Waals surface area contributed by atoms with E-state index in [0.29, 0.717) is 22.4 Å². The summed E-state index contributed by atoms with van der Waals surface area (Å²) in [5.41, 5.74) is 1.03. The average molecular weight is 330 g/mol. The van der Waals surface area contributed by atoms with E-state index in [1.807, 2.05) is 6.07 Å².